The van der Waals surface area contributed by atoms with Gasteiger partial charge in [-0.1, -0.05) is 0 Å². The van der Waals surface area contributed by atoms with Crippen molar-refractivity contribution >= 4 is 40.1 Å². The van der Waals surface area contributed by atoms with Gasteiger partial charge >= 0.3 is 150 Å². The van der Waals surface area contributed by atoms with E-state index in [2.05, 4.69) is 106 Å². The van der Waals surface area contributed by atoms with E-state index in [9.17, 15) is 0 Å². The van der Waals surface area contributed by atoms with Crippen molar-refractivity contribution in [2.45, 2.75) is 20.8 Å². The van der Waals surface area contributed by atoms with Crippen molar-refractivity contribution in [1.29, 1.82) is 0 Å². The van der Waals surface area contributed by atoms with Crippen molar-refractivity contribution in [3.05, 3.63) is 89.5 Å². The van der Waals surface area contributed by atoms with Crippen LogP contribution in [-0.2, 0) is 0 Å². The molecule has 23 heavy (non-hydrogen) atoms. The molecule has 3 aromatic rings. The third-order valence-electron chi connectivity index (χ3n) is 4.55. The summed E-state index contributed by atoms with van der Waals surface area (Å²) in [7, 11) is 0. The first kappa shape index (κ1) is 16.9. The van der Waals surface area contributed by atoms with Gasteiger partial charge in [0.1, 0.15) is 0 Å². The van der Waals surface area contributed by atoms with Crippen LogP contribution in [0.4, 0.5) is 0 Å². The van der Waals surface area contributed by atoms with Crippen molar-refractivity contribution in [1.82, 2.24) is 0 Å². The standard InChI is InChI=1S/3C7H7.BrH.Pb/c3*1-7-5-3-2-4-6-7;;/h3*2-5H,1H3;1H;/q;;;;+1/p-1. The van der Waals surface area contributed by atoms with Gasteiger partial charge in [0.15, 0.2) is 0 Å². The molecule has 0 atom stereocenters. The summed E-state index contributed by atoms with van der Waals surface area (Å²) in [6, 6.07) is 26.6. The molecule has 0 aliphatic rings. The summed E-state index contributed by atoms with van der Waals surface area (Å²) in [5.74, 6) is 0. The average Bonchev–Trinajstić information content (AvgIpc) is 2.55. The van der Waals surface area contributed by atoms with Crippen molar-refractivity contribution < 1.29 is 0 Å². The molecule has 0 amide bonds. The molecule has 2 heteroatoms. The number of halogens is 1. The van der Waals surface area contributed by atoms with Crippen molar-refractivity contribution in [2.24, 2.45) is 0 Å². The van der Waals surface area contributed by atoms with E-state index in [0.29, 0.717) is 0 Å². The molecule has 3 rings (SSSR count). The zero-order valence-corrected chi connectivity index (χ0v) is 19.3. The molecular weight excluding hydrogens is 539 g/mol. The summed E-state index contributed by atoms with van der Waals surface area (Å²) in [5, 5.41) is 0. The summed E-state index contributed by atoms with van der Waals surface area (Å²) in [6.07, 6.45) is 0. The summed E-state index contributed by atoms with van der Waals surface area (Å²) in [4.78, 5) is 0. The van der Waals surface area contributed by atoms with E-state index in [1.807, 2.05) is 0 Å². The Bertz CT molecular complexity index is 728. The number of benzene rings is 3. The van der Waals surface area contributed by atoms with E-state index >= 15 is 0 Å². The zero-order chi connectivity index (χ0) is 16.4. The third-order valence-corrected chi connectivity index (χ3v) is 31.0. The van der Waals surface area contributed by atoms with Crippen LogP contribution < -0.4 is 9.37 Å². The summed E-state index contributed by atoms with van der Waals surface area (Å²) in [6.45, 7) is 6.71. The first-order valence-electron chi connectivity index (χ1n) is 7.92. The molecule has 0 unspecified atom stereocenters. The Balaban J connectivity index is 2.38. The molecule has 0 radical (unpaired) electrons. The normalized spacial score (nSPS) is 11.5. The second-order valence-electron chi connectivity index (χ2n) is 6.10. The van der Waals surface area contributed by atoms with Crippen LogP contribution in [-0.4, -0.2) is 18.8 Å². The molecule has 0 aliphatic heterocycles. The Labute approximate surface area is 149 Å². The maximum absolute atomic E-state index is 4.38. The Hall–Kier alpha value is -0.938. The van der Waals surface area contributed by atoms with Crippen LogP contribution in [0.25, 0.3) is 0 Å². The van der Waals surface area contributed by atoms with Gasteiger partial charge in [0.25, 0.3) is 0 Å². The van der Waals surface area contributed by atoms with Gasteiger partial charge in [0.05, 0.1) is 0 Å². The Morgan fingerprint density at radius 2 is 0.783 bits per heavy atom. The molecular formula is C21H21BrPb. The van der Waals surface area contributed by atoms with Crippen LogP contribution in [0.3, 0.4) is 0 Å². The minimum absolute atomic E-state index is 1.39. The molecule has 0 nitrogen and oxygen atoms in total. The monoisotopic (exact) mass is 560 g/mol. The number of hydrogen-bond acceptors (Lipinski definition) is 0. The summed E-state index contributed by atoms with van der Waals surface area (Å²) >= 11 is 1.07. The maximum atomic E-state index is 4.38. The number of aryl methyl sites for hydroxylation is 3. The fourth-order valence-electron chi connectivity index (χ4n) is 3.31. The van der Waals surface area contributed by atoms with E-state index in [1.165, 1.54) is 26.1 Å². The van der Waals surface area contributed by atoms with Gasteiger partial charge in [-0.2, -0.15) is 0 Å². The topological polar surface area (TPSA) is 0 Å². The first-order valence-corrected chi connectivity index (χ1v) is 22.2. The van der Waals surface area contributed by atoms with Gasteiger partial charge in [-0.25, -0.2) is 0 Å². The number of rotatable bonds is 3. The molecule has 3 aromatic carbocycles. The Kier molecular flexibility index (Phi) is 5.07. The third kappa shape index (κ3) is 3.05. The van der Waals surface area contributed by atoms with Crippen LogP contribution in [0.1, 0.15) is 16.7 Å². The molecule has 0 aromatic heterocycles. The summed E-state index contributed by atoms with van der Waals surface area (Å²) < 4.78 is 4.55. The van der Waals surface area contributed by atoms with Crippen molar-refractivity contribution in [2.75, 3.05) is 0 Å². The second-order valence-corrected chi connectivity index (χ2v) is 27.9. The van der Waals surface area contributed by atoms with E-state index in [-0.39, 0.29) is 0 Å². The molecule has 0 saturated heterocycles. The Morgan fingerprint density at radius 1 is 0.522 bits per heavy atom. The van der Waals surface area contributed by atoms with E-state index < -0.39 is 18.8 Å². The molecule has 0 bridgehead atoms. The average molecular weight is 561 g/mol. The van der Waals surface area contributed by atoms with E-state index in [4.69, 9.17) is 0 Å². The number of hydrogen-bond donors (Lipinski definition) is 0. The van der Waals surface area contributed by atoms with Gasteiger partial charge in [0, 0.05) is 0 Å². The molecule has 0 spiro atoms. The molecule has 0 heterocycles. The molecule has 0 N–H and O–H groups in total. The van der Waals surface area contributed by atoms with Crippen LogP contribution in [0.5, 0.6) is 0 Å². The molecule has 0 saturated carbocycles. The van der Waals surface area contributed by atoms with Crippen molar-refractivity contribution in [3.8, 4) is 0 Å². The van der Waals surface area contributed by atoms with Gasteiger partial charge in [-0.3, -0.25) is 0 Å². The SMILES string of the molecule is Cc1cccc[c]1[Pb]([Br])([c]1ccccc1C)[c]1ccccc1C. The van der Waals surface area contributed by atoms with Gasteiger partial charge in [-0.05, 0) is 0 Å². The molecule has 0 aliphatic carbocycles. The predicted molar refractivity (Wildman–Crippen MR) is 107 cm³/mol. The summed E-state index contributed by atoms with van der Waals surface area (Å²) in [5.41, 5.74) is 4.16. The van der Waals surface area contributed by atoms with Crippen LogP contribution >= 0.6 is 12.0 Å². The minimum atomic E-state index is -3.32. The first-order chi connectivity index (χ1) is 11.0. The molecule has 116 valence electrons. The second kappa shape index (κ2) is 6.90. The predicted octanol–water partition coefficient (Wildman–Crippen LogP) is 3.97. The molecule has 0 fully saturated rings. The fourth-order valence-corrected chi connectivity index (χ4v) is 29.5. The van der Waals surface area contributed by atoms with Crippen molar-refractivity contribution in [3.63, 3.8) is 0 Å². The van der Waals surface area contributed by atoms with Gasteiger partial charge in [0.2, 0.25) is 0 Å². The van der Waals surface area contributed by atoms with Crippen LogP contribution in [0.15, 0.2) is 72.8 Å². The van der Waals surface area contributed by atoms with Crippen LogP contribution in [0.2, 0.25) is 0 Å². The van der Waals surface area contributed by atoms with Crippen LogP contribution in [0, 0.1) is 20.8 Å². The quantitative estimate of drug-likeness (QED) is 0.426. The van der Waals surface area contributed by atoms with Gasteiger partial charge < -0.3 is 0 Å². The van der Waals surface area contributed by atoms with Gasteiger partial charge in [-0.15, -0.1) is 0 Å². The zero-order valence-electron chi connectivity index (χ0n) is 13.8. The van der Waals surface area contributed by atoms with E-state index in [0.717, 1.165) is 0 Å². The fraction of sp³-hybridized carbons (Fsp3) is 0.143. The van der Waals surface area contributed by atoms with E-state index in [1.54, 1.807) is 0 Å². The Morgan fingerprint density at radius 3 is 1.04 bits per heavy atom.